The summed E-state index contributed by atoms with van der Waals surface area (Å²) in [6.07, 6.45) is 0. The van der Waals surface area contributed by atoms with Gasteiger partial charge < -0.3 is 23.5 Å². The molecule has 0 saturated heterocycles. The van der Waals surface area contributed by atoms with Crippen LogP contribution in [0.4, 0.5) is 10.1 Å². The van der Waals surface area contributed by atoms with Crippen molar-refractivity contribution in [2.24, 2.45) is 4.99 Å². The van der Waals surface area contributed by atoms with Crippen LogP contribution in [0.15, 0.2) is 65.0 Å². The molecule has 1 aliphatic rings. The highest BCUT2D eigenvalue weighted by Crippen LogP contribution is 2.36. The predicted molar refractivity (Wildman–Crippen MR) is 129 cm³/mol. The van der Waals surface area contributed by atoms with E-state index in [1.807, 2.05) is 46.3 Å². The Balaban J connectivity index is 1.67. The summed E-state index contributed by atoms with van der Waals surface area (Å²) in [5, 5.41) is 2.05. The van der Waals surface area contributed by atoms with Crippen LogP contribution in [0.1, 0.15) is 5.56 Å². The average molecular weight is 499 g/mol. The number of halogens is 2. The first-order valence-corrected chi connectivity index (χ1v) is 11.6. The largest absolute Gasteiger partial charge is 0.497 e. The zero-order chi connectivity index (χ0) is 23.7. The van der Waals surface area contributed by atoms with Crippen molar-refractivity contribution in [3.8, 4) is 34.3 Å². The summed E-state index contributed by atoms with van der Waals surface area (Å²) >= 11 is 7.29. The van der Waals surface area contributed by atoms with E-state index in [4.69, 9.17) is 35.5 Å². The minimum Gasteiger partial charge on any atom is -0.497 e. The van der Waals surface area contributed by atoms with Crippen LogP contribution in [-0.2, 0) is 6.54 Å². The molecule has 9 heteroatoms. The average Bonchev–Trinajstić information content (AvgIpc) is 3.48. The van der Waals surface area contributed by atoms with Gasteiger partial charge in [0.2, 0.25) is 6.79 Å². The topological polar surface area (TPSA) is 54.2 Å². The molecular formula is C25H20ClFN2O4S. The molecule has 0 N–H and O–H groups in total. The van der Waals surface area contributed by atoms with Gasteiger partial charge in [-0.15, -0.1) is 11.3 Å². The van der Waals surface area contributed by atoms with Crippen molar-refractivity contribution in [1.82, 2.24) is 4.57 Å². The molecule has 6 nitrogen and oxygen atoms in total. The van der Waals surface area contributed by atoms with E-state index in [-0.39, 0.29) is 11.8 Å². The molecule has 0 saturated carbocycles. The van der Waals surface area contributed by atoms with Gasteiger partial charge in [0.05, 0.1) is 37.2 Å². The summed E-state index contributed by atoms with van der Waals surface area (Å²) in [7, 11) is 3.25. The lowest BCUT2D eigenvalue weighted by molar-refractivity contribution is 0.174. The van der Waals surface area contributed by atoms with Crippen LogP contribution in [0.25, 0.3) is 11.3 Å². The number of benzene rings is 3. The number of ether oxygens (including phenoxy) is 4. The van der Waals surface area contributed by atoms with Crippen LogP contribution in [0, 0.1) is 5.82 Å². The molecule has 2 heterocycles. The van der Waals surface area contributed by atoms with Gasteiger partial charge in [0.15, 0.2) is 16.3 Å². The number of nitrogens with zero attached hydrogens (tertiary/aromatic N) is 2. The molecule has 1 aliphatic heterocycles. The quantitative estimate of drug-likeness (QED) is 0.325. The van der Waals surface area contributed by atoms with Gasteiger partial charge >= 0.3 is 0 Å². The van der Waals surface area contributed by atoms with Crippen molar-refractivity contribution in [2.45, 2.75) is 6.54 Å². The molecule has 0 aliphatic carbocycles. The maximum atomic E-state index is 14.1. The minimum atomic E-state index is -0.517. The highest BCUT2D eigenvalue weighted by atomic mass is 35.5. The first-order valence-electron chi connectivity index (χ1n) is 10.3. The number of aromatic nitrogens is 1. The smallest absolute Gasteiger partial charge is 0.231 e. The van der Waals surface area contributed by atoms with Gasteiger partial charge in [-0.3, -0.25) is 0 Å². The lowest BCUT2D eigenvalue weighted by Gasteiger charge is -2.14. The summed E-state index contributed by atoms with van der Waals surface area (Å²) in [6.45, 7) is 0.699. The van der Waals surface area contributed by atoms with E-state index < -0.39 is 5.82 Å². The number of fused-ring (bicyclic) bond motifs is 1. The Morgan fingerprint density at radius 1 is 1.03 bits per heavy atom. The maximum Gasteiger partial charge on any atom is 0.231 e. The van der Waals surface area contributed by atoms with Gasteiger partial charge in [-0.05, 0) is 48.0 Å². The molecule has 5 rings (SSSR count). The highest BCUT2D eigenvalue weighted by Gasteiger charge is 2.17. The number of rotatable bonds is 6. The third-order valence-corrected chi connectivity index (χ3v) is 6.56. The molecule has 0 unspecified atom stereocenters. The Kier molecular flexibility index (Phi) is 6.17. The van der Waals surface area contributed by atoms with Crippen molar-refractivity contribution in [3.63, 3.8) is 0 Å². The molecule has 0 fully saturated rings. The third kappa shape index (κ3) is 4.34. The van der Waals surface area contributed by atoms with Gasteiger partial charge in [-0.2, -0.15) is 0 Å². The Hall–Kier alpha value is -3.49. The van der Waals surface area contributed by atoms with Crippen LogP contribution in [0.3, 0.4) is 0 Å². The second-order valence-electron chi connectivity index (χ2n) is 7.45. The number of methoxy groups -OCH3 is 2. The van der Waals surface area contributed by atoms with E-state index in [2.05, 4.69) is 0 Å². The van der Waals surface area contributed by atoms with E-state index in [9.17, 15) is 4.39 Å². The Bertz CT molecular complexity index is 1430. The standard InChI is InChI=1S/C25H20ClFN2O4S/c1-30-17-5-8-22(31-2)18(11-17)21-13-34-25(28-16-4-6-19(26)20(27)10-16)29(21)12-15-3-7-23-24(9-15)33-14-32-23/h3-11,13H,12,14H2,1-2H3. The molecule has 3 aromatic carbocycles. The highest BCUT2D eigenvalue weighted by molar-refractivity contribution is 7.07. The second kappa shape index (κ2) is 9.40. The number of hydrogen-bond donors (Lipinski definition) is 0. The summed E-state index contributed by atoms with van der Waals surface area (Å²) in [6, 6.07) is 15.9. The number of thiazole rings is 1. The molecule has 34 heavy (non-hydrogen) atoms. The first kappa shape index (κ1) is 22.3. The van der Waals surface area contributed by atoms with Crippen molar-refractivity contribution in [1.29, 1.82) is 0 Å². The lowest BCUT2D eigenvalue weighted by atomic mass is 10.1. The summed E-state index contributed by atoms with van der Waals surface area (Å²) in [5.74, 6) is 2.30. The zero-order valence-corrected chi connectivity index (χ0v) is 20.0. The van der Waals surface area contributed by atoms with Crippen molar-refractivity contribution in [3.05, 3.63) is 81.2 Å². The molecular weight excluding hydrogens is 479 g/mol. The first-order chi connectivity index (χ1) is 16.6. The summed E-state index contributed by atoms with van der Waals surface area (Å²) in [5.41, 5.74) is 3.19. The Morgan fingerprint density at radius 2 is 1.88 bits per heavy atom. The fourth-order valence-corrected chi connectivity index (χ4v) is 4.73. The van der Waals surface area contributed by atoms with Gasteiger partial charge in [0.1, 0.15) is 17.3 Å². The van der Waals surface area contributed by atoms with Crippen LogP contribution in [0.5, 0.6) is 23.0 Å². The van der Waals surface area contributed by atoms with Gasteiger partial charge in [0, 0.05) is 17.0 Å². The zero-order valence-electron chi connectivity index (χ0n) is 18.4. The van der Waals surface area contributed by atoms with E-state index >= 15 is 0 Å². The van der Waals surface area contributed by atoms with Crippen molar-refractivity contribution < 1.29 is 23.3 Å². The molecule has 4 aromatic rings. The van der Waals surface area contributed by atoms with E-state index in [0.717, 1.165) is 22.6 Å². The van der Waals surface area contributed by atoms with E-state index in [0.29, 0.717) is 34.3 Å². The molecule has 0 bridgehead atoms. The molecule has 1 aromatic heterocycles. The summed E-state index contributed by atoms with van der Waals surface area (Å²) < 4.78 is 38.2. The molecule has 174 valence electrons. The SMILES string of the molecule is COc1ccc(OC)c(-c2csc(=Nc3ccc(Cl)c(F)c3)n2Cc2ccc3c(c2)OCO3)c1. The molecule has 0 radical (unpaired) electrons. The summed E-state index contributed by atoms with van der Waals surface area (Å²) in [4.78, 5) is 5.39. The molecule has 0 amide bonds. The predicted octanol–water partition coefficient (Wildman–Crippen LogP) is 6.04. The second-order valence-corrected chi connectivity index (χ2v) is 8.70. The van der Waals surface area contributed by atoms with E-state index in [1.54, 1.807) is 20.3 Å². The maximum absolute atomic E-state index is 14.1. The van der Waals surface area contributed by atoms with Gasteiger partial charge in [-0.1, -0.05) is 17.7 Å². The third-order valence-electron chi connectivity index (χ3n) is 5.39. The van der Waals surface area contributed by atoms with Crippen molar-refractivity contribution >= 4 is 28.6 Å². The molecule has 0 atom stereocenters. The van der Waals surface area contributed by atoms with Gasteiger partial charge in [-0.25, -0.2) is 9.38 Å². The Labute approximate surface area is 204 Å². The van der Waals surface area contributed by atoms with Crippen LogP contribution >= 0.6 is 22.9 Å². The normalized spacial score (nSPS) is 12.8. The molecule has 0 spiro atoms. The van der Waals surface area contributed by atoms with Crippen LogP contribution < -0.4 is 23.7 Å². The van der Waals surface area contributed by atoms with Gasteiger partial charge in [0.25, 0.3) is 0 Å². The number of hydrogen-bond acceptors (Lipinski definition) is 6. The van der Waals surface area contributed by atoms with E-state index in [1.165, 1.54) is 23.5 Å². The Morgan fingerprint density at radius 3 is 2.68 bits per heavy atom. The fraction of sp³-hybridized carbons (Fsp3) is 0.160. The fourth-order valence-electron chi connectivity index (χ4n) is 3.69. The van der Waals surface area contributed by atoms with Crippen LogP contribution in [0.2, 0.25) is 5.02 Å². The monoisotopic (exact) mass is 498 g/mol. The van der Waals surface area contributed by atoms with Crippen molar-refractivity contribution in [2.75, 3.05) is 21.0 Å². The van der Waals surface area contributed by atoms with Crippen LogP contribution in [-0.4, -0.2) is 25.6 Å². The minimum absolute atomic E-state index is 0.0557. The lowest BCUT2D eigenvalue weighted by Crippen LogP contribution is -2.17.